The Bertz CT molecular complexity index is 947. The number of hydrogen-bond donors (Lipinski definition) is 0. The quantitative estimate of drug-likeness (QED) is 0.712. The number of hydrogen-bond acceptors (Lipinski definition) is 6. The molecule has 1 aliphatic heterocycles. The van der Waals surface area contributed by atoms with Gasteiger partial charge in [0.25, 0.3) is 5.91 Å². The minimum absolute atomic E-state index is 0.0360. The lowest BCUT2D eigenvalue weighted by Crippen LogP contribution is -2.40. The van der Waals surface area contributed by atoms with Crippen molar-refractivity contribution in [2.45, 2.75) is 19.4 Å². The largest absolute Gasteiger partial charge is 0.451 e. The van der Waals surface area contributed by atoms with E-state index in [0.717, 1.165) is 16.7 Å². The molecule has 0 radical (unpaired) electrons. The molecule has 2 aromatic rings. The minimum Gasteiger partial charge on any atom is -0.451 e. The molecule has 0 aliphatic carbocycles. The number of benzene rings is 1. The third-order valence-electron chi connectivity index (χ3n) is 4.69. The fraction of sp³-hybridized carbons (Fsp3) is 0.368. The van der Waals surface area contributed by atoms with E-state index in [0.29, 0.717) is 11.3 Å². The first-order valence-electron chi connectivity index (χ1n) is 8.54. The molecule has 0 saturated carbocycles. The zero-order valence-electron chi connectivity index (χ0n) is 15.2. The number of rotatable bonds is 5. The summed E-state index contributed by atoms with van der Waals surface area (Å²) in [4.78, 5) is 26.5. The Morgan fingerprint density at radius 2 is 1.93 bits per heavy atom. The molecule has 8 heteroatoms. The highest BCUT2D eigenvalue weighted by Gasteiger charge is 2.33. The first-order chi connectivity index (χ1) is 12.8. The predicted octanol–water partition coefficient (Wildman–Crippen LogP) is 2.53. The summed E-state index contributed by atoms with van der Waals surface area (Å²) in [6, 6.07) is 9.31. The second-order valence-corrected chi connectivity index (χ2v) is 9.81. The van der Waals surface area contributed by atoms with Gasteiger partial charge in [-0.1, -0.05) is 29.8 Å². The Morgan fingerprint density at radius 3 is 2.56 bits per heavy atom. The summed E-state index contributed by atoms with van der Waals surface area (Å²) in [5, 5.41) is 1.81. The molecule has 0 bridgehead atoms. The number of aryl methyl sites for hydroxylation is 1. The van der Waals surface area contributed by atoms with Gasteiger partial charge in [-0.15, -0.1) is 11.3 Å². The van der Waals surface area contributed by atoms with Gasteiger partial charge in [-0.05, 0) is 30.4 Å². The molecule has 3 rings (SSSR count). The Labute approximate surface area is 162 Å². The minimum atomic E-state index is -3.08. The number of ether oxygens (including phenoxy) is 1. The number of esters is 1. The molecular weight excluding hydrogens is 386 g/mol. The van der Waals surface area contributed by atoms with Crippen LogP contribution in [0.3, 0.4) is 0 Å². The number of nitrogens with zero attached hydrogens (tertiary/aromatic N) is 1. The van der Waals surface area contributed by atoms with E-state index >= 15 is 0 Å². The summed E-state index contributed by atoms with van der Waals surface area (Å²) in [5.41, 5.74) is 2.81. The summed E-state index contributed by atoms with van der Waals surface area (Å²) in [6.45, 7) is 1.58. The number of thiophene rings is 1. The smallest absolute Gasteiger partial charge is 0.349 e. The fourth-order valence-corrected chi connectivity index (χ4v) is 5.59. The van der Waals surface area contributed by atoms with E-state index in [1.807, 2.05) is 42.6 Å². The summed E-state index contributed by atoms with van der Waals surface area (Å²) in [5.74, 6) is -0.907. The topological polar surface area (TPSA) is 80.8 Å². The van der Waals surface area contributed by atoms with Crippen molar-refractivity contribution >= 4 is 33.1 Å². The van der Waals surface area contributed by atoms with Gasteiger partial charge in [0, 0.05) is 18.7 Å². The second-order valence-electron chi connectivity index (χ2n) is 6.67. The van der Waals surface area contributed by atoms with Crippen LogP contribution in [0.15, 0.2) is 35.7 Å². The lowest BCUT2D eigenvalue weighted by Gasteiger charge is -2.23. The van der Waals surface area contributed by atoms with Gasteiger partial charge < -0.3 is 9.64 Å². The van der Waals surface area contributed by atoms with Crippen LogP contribution in [0.25, 0.3) is 11.1 Å². The molecule has 1 aromatic heterocycles. The van der Waals surface area contributed by atoms with Crippen LogP contribution in [0.5, 0.6) is 0 Å². The van der Waals surface area contributed by atoms with Crippen LogP contribution in [0, 0.1) is 6.92 Å². The van der Waals surface area contributed by atoms with Crippen molar-refractivity contribution in [3.8, 4) is 11.1 Å². The zero-order valence-corrected chi connectivity index (χ0v) is 16.8. The van der Waals surface area contributed by atoms with Crippen molar-refractivity contribution in [3.63, 3.8) is 0 Å². The molecule has 0 N–H and O–H groups in total. The number of carbonyl (C=O) groups is 2. The standard InChI is InChI=1S/C19H21NO5S2/c1-13-3-5-14(6-4-13)16-7-9-26-18(16)19(22)25-11-17(21)20(2)15-8-10-27(23,24)12-15/h3-7,9,15H,8,10-12H2,1-2H3. The molecule has 6 nitrogen and oxygen atoms in total. The summed E-state index contributed by atoms with van der Waals surface area (Å²) in [6.07, 6.45) is 0.418. The van der Waals surface area contributed by atoms with Crippen LogP contribution in [0.1, 0.15) is 21.7 Å². The van der Waals surface area contributed by atoms with Crippen LogP contribution in [0.4, 0.5) is 0 Å². The van der Waals surface area contributed by atoms with Crippen LogP contribution < -0.4 is 0 Å². The van der Waals surface area contributed by atoms with E-state index in [4.69, 9.17) is 4.74 Å². The molecular formula is C19H21NO5S2. The number of amides is 1. The third-order valence-corrected chi connectivity index (χ3v) is 7.33. The highest BCUT2D eigenvalue weighted by Crippen LogP contribution is 2.29. The third kappa shape index (κ3) is 4.56. The Hall–Kier alpha value is -2.19. The van der Waals surface area contributed by atoms with Gasteiger partial charge in [-0.2, -0.15) is 0 Å². The molecule has 144 valence electrons. The van der Waals surface area contributed by atoms with Gasteiger partial charge in [-0.25, -0.2) is 13.2 Å². The van der Waals surface area contributed by atoms with Crippen molar-refractivity contribution in [3.05, 3.63) is 46.2 Å². The maximum atomic E-state index is 12.4. The molecule has 27 heavy (non-hydrogen) atoms. The van der Waals surface area contributed by atoms with Crippen LogP contribution >= 0.6 is 11.3 Å². The maximum absolute atomic E-state index is 12.4. The average Bonchev–Trinajstić information content (AvgIpc) is 3.26. The van der Waals surface area contributed by atoms with Gasteiger partial charge >= 0.3 is 5.97 Å². The molecule has 2 heterocycles. The van der Waals surface area contributed by atoms with Gasteiger partial charge in [-0.3, -0.25) is 4.79 Å². The van der Waals surface area contributed by atoms with Crippen LogP contribution in [-0.2, 0) is 19.4 Å². The van der Waals surface area contributed by atoms with E-state index in [-0.39, 0.29) is 17.5 Å². The van der Waals surface area contributed by atoms with Crippen molar-refractivity contribution in [2.24, 2.45) is 0 Å². The second kappa shape index (κ2) is 7.82. The SMILES string of the molecule is Cc1ccc(-c2ccsc2C(=O)OCC(=O)N(C)C2CCS(=O)(=O)C2)cc1. The fourth-order valence-electron chi connectivity index (χ4n) is 3.01. The Morgan fingerprint density at radius 1 is 1.22 bits per heavy atom. The van der Waals surface area contributed by atoms with Crippen molar-refractivity contribution in [2.75, 3.05) is 25.2 Å². The molecule has 0 spiro atoms. The summed E-state index contributed by atoms with van der Waals surface area (Å²) >= 11 is 1.26. The first kappa shape index (κ1) is 19.6. The van der Waals surface area contributed by atoms with Crippen molar-refractivity contribution < 1.29 is 22.7 Å². The molecule has 1 saturated heterocycles. The average molecular weight is 408 g/mol. The molecule has 1 atom stereocenters. The Balaban J connectivity index is 1.62. The number of carbonyl (C=O) groups excluding carboxylic acids is 2. The molecule has 1 unspecified atom stereocenters. The molecule has 1 fully saturated rings. The monoisotopic (exact) mass is 407 g/mol. The highest BCUT2D eigenvalue weighted by atomic mass is 32.2. The van der Waals surface area contributed by atoms with Gasteiger partial charge in [0.15, 0.2) is 16.4 Å². The van der Waals surface area contributed by atoms with E-state index < -0.39 is 28.3 Å². The molecule has 1 aliphatic rings. The van der Waals surface area contributed by atoms with E-state index in [1.165, 1.54) is 16.2 Å². The Kier molecular flexibility index (Phi) is 5.67. The van der Waals surface area contributed by atoms with Crippen molar-refractivity contribution in [1.29, 1.82) is 0 Å². The van der Waals surface area contributed by atoms with Crippen LogP contribution in [-0.4, -0.2) is 56.4 Å². The summed E-state index contributed by atoms with van der Waals surface area (Å²) < 4.78 is 28.3. The maximum Gasteiger partial charge on any atom is 0.349 e. The zero-order chi connectivity index (χ0) is 19.6. The number of likely N-dealkylation sites (N-methyl/N-ethyl adjacent to an activating group) is 1. The first-order valence-corrected chi connectivity index (χ1v) is 11.2. The lowest BCUT2D eigenvalue weighted by molar-refractivity contribution is -0.134. The van der Waals surface area contributed by atoms with E-state index in [9.17, 15) is 18.0 Å². The van der Waals surface area contributed by atoms with Crippen molar-refractivity contribution in [1.82, 2.24) is 4.90 Å². The lowest BCUT2D eigenvalue weighted by atomic mass is 10.1. The highest BCUT2D eigenvalue weighted by molar-refractivity contribution is 7.91. The van der Waals surface area contributed by atoms with E-state index in [1.54, 1.807) is 7.05 Å². The normalized spacial score (nSPS) is 18.2. The van der Waals surface area contributed by atoms with Gasteiger partial charge in [0.1, 0.15) is 4.88 Å². The van der Waals surface area contributed by atoms with Crippen LogP contribution in [0.2, 0.25) is 0 Å². The predicted molar refractivity (Wildman–Crippen MR) is 105 cm³/mol. The van der Waals surface area contributed by atoms with E-state index in [2.05, 4.69) is 0 Å². The number of sulfone groups is 1. The molecule has 1 amide bonds. The van der Waals surface area contributed by atoms with Gasteiger partial charge in [0.2, 0.25) is 0 Å². The van der Waals surface area contributed by atoms with Gasteiger partial charge in [0.05, 0.1) is 11.5 Å². The molecule has 1 aromatic carbocycles. The summed E-state index contributed by atoms with van der Waals surface area (Å²) in [7, 11) is -1.53.